The molecule has 12 heavy (non-hydrogen) atoms. The maximum atomic E-state index is 9.08. The first-order chi connectivity index (χ1) is 5.83. The zero-order valence-electron chi connectivity index (χ0n) is 6.64. The summed E-state index contributed by atoms with van der Waals surface area (Å²) in [5, 5.41) is 12.0. The molecular weight excluding hydrogens is 156 g/mol. The van der Waals surface area contributed by atoms with Crippen molar-refractivity contribution in [3.8, 4) is 0 Å². The van der Waals surface area contributed by atoms with E-state index in [0.717, 1.165) is 0 Å². The van der Waals surface area contributed by atoms with Crippen LogP contribution in [0.15, 0.2) is 18.6 Å². The number of hydrogen-bond acceptors (Lipinski definition) is 5. The second-order valence-electron chi connectivity index (χ2n) is 2.36. The van der Waals surface area contributed by atoms with Crippen LogP contribution in [-0.2, 0) is 0 Å². The average molecular weight is 168 g/mol. The Morgan fingerprint density at radius 2 is 2.42 bits per heavy atom. The number of aromatic nitrogens is 2. The molecule has 5 nitrogen and oxygen atoms in total. The van der Waals surface area contributed by atoms with Crippen molar-refractivity contribution >= 4 is 5.82 Å². The minimum absolute atomic E-state index is 0.243. The molecule has 0 saturated carbocycles. The Labute approximate surface area is 70.6 Å². The normalized spacial score (nSPS) is 12.5. The molecule has 0 aliphatic rings. The molecule has 1 aromatic rings. The van der Waals surface area contributed by atoms with Gasteiger partial charge in [-0.3, -0.25) is 4.98 Å². The first-order valence-electron chi connectivity index (χ1n) is 3.71. The zero-order valence-corrected chi connectivity index (χ0v) is 6.64. The largest absolute Gasteiger partial charge is 0.390 e. The van der Waals surface area contributed by atoms with Gasteiger partial charge in [-0.2, -0.15) is 0 Å². The molecule has 0 aliphatic carbocycles. The molecule has 1 unspecified atom stereocenters. The van der Waals surface area contributed by atoms with Crippen LogP contribution >= 0.6 is 0 Å². The molecule has 5 heteroatoms. The molecule has 0 amide bonds. The molecule has 0 bridgehead atoms. The van der Waals surface area contributed by atoms with Gasteiger partial charge >= 0.3 is 0 Å². The fourth-order valence-corrected chi connectivity index (χ4v) is 0.696. The Kier molecular flexibility index (Phi) is 3.43. The molecule has 0 spiro atoms. The van der Waals surface area contributed by atoms with Crippen LogP contribution in [-0.4, -0.2) is 34.3 Å². The third kappa shape index (κ3) is 2.81. The summed E-state index contributed by atoms with van der Waals surface area (Å²) in [6.45, 7) is 0.641. The standard InChI is InChI=1S/C7H12N4O/c8-3-6(12)4-11-7-5-9-1-2-10-7/h1-2,5-6,12H,3-4,8H2,(H,10,11). The number of nitrogens with two attached hydrogens (primary N) is 1. The molecule has 0 saturated heterocycles. The van der Waals surface area contributed by atoms with E-state index < -0.39 is 6.10 Å². The Hall–Kier alpha value is -1.20. The van der Waals surface area contributed by atoms with Crippen LogP contribution in [0.2, 0.25) is 0 Å². The third-order valence-electron chi connectivity index (χ3n) is 1.35. The zero-order chi connectivity index (χ0) is 8.81. The molecule has 1 aromatic heterocycles. The quantitative estimate of drug-likeness (QED) is 0.548. The third-order valence-corrected chi connectivity index (χ3v) is 1.35. The lowest BCUT2D eigenvalue weighted by Crippen LogP contribution is -2.28. The monoisotopic (exact) mass is 168 g/mol. The lowest BCUT2D eigenvalue weighted by molar-refractivity contribution is 0.196. The minimum Gasteiger partial charge on any atom is -0.390 e. The predicted molar refractivity (Wildman–Crippen MR) is 45.6 cm³/mol. The maximum absolute atomic E-state index is 9.08. The summed E-state index contributed by atoms with van der Waals surface area (Å²) in [6, 6.07) is 0. The van der Waals surface area contributed by atoms with Crippen LogP contribution in [0, 0.1) is 0 Å². The Morgan fingerprint density at radius 1 is 1.58 bits per heavy atom. The maximum Gasteiger partial charge on any atom is 0.144 e. The van der Waals surface area contributed by atoms with Crippen LogP contribution in [0.25, 0.3) is 0 Å². The Bertz CT molecular complexity index is 216. The summed E-state index contributed by atoms with van der Waals surface area (Å²) in [6.07, 6.45) is 4.22. The summed E-state index contributed by atoms with van der Waals surface area (Å²) < 4.78 is 0. The molecule has 1 heterocycles. The van der Waals surface area contributed by atoms with E-state index in [0.29, 0.717) is 12.4 Å². The van der Waals surface area contributed by atoms with Gasteiger partial charge in [-0.05, 0) is 0 Å². The average Bonchev–Trinajstić information content (AvgIpc) is 2.16. The van der Waals surface area contributed by atoms with E-state index in [1.807, 2.05) is 0 Å². The highest BCUT2D eigenvalue weighted by atomic mass is 16.3. The van der Waals surface area contributed by atoms with E-state index in [2.05, 4.69) is 15.3 Å². The van der Waals surface area contributed by atoms with Gasteiger partial charge in [-0.1, -0.05) is 0 Å². The van der Waals surface area contributed by atoms with E-state index in [4.69, 9.17) is 10.8 Å². The van der Waals surface area contributed by atoms with Crippen LogP contribution in [0.4, 0.5) is 5.82 Å². The van der Waals surface area contributed by atoms with E-state index in [1.54, 1.807) is 18.6 Å². The highest BCUT2D eigenvalue weighted by Crippen LogP contribution is 1.96. The second kappa shape index (κ2) is 4.63. The van der Waals surface area contributed by atoms with Crippen molar-refractivity contribution < 1.29 is 5.11 Å². The molecule has 0 aromatic carbocycles. The lowest BCUT2D eigenvalue weighted by atomic mass is 10.3. The second-order valence-corrected chi connectivity index (χ2v) is 2.36. The molecule has 0 radical (unpaired) electrons. The number of rotatable bonds is 4. The fraction of sp³-hybridized carbons (Fsp3) is 0.429. The topological polar surface area (TPSA) is 84.1 Å². The van der Waals surface area contributed by atoms with Gasteiger partial charge in [0.1, 0.15) is 5.82 Å². The van der Waals surface area contributed by atoms with Crippen LogP contribution in [0.1, 0.15) is 0 Å². The Morgan fingerprint density at radius 3 is 3.00 bits per heavy atom. The van der Waals surface area contributed by atoms with Gasteiger partial charge < -0.3 is 16.2 Å². The molecular formula is C7H12N4O. The van der Waals surface area contributed by atoms with Crippen LogP contribution < -0.4 is 11.1 Å². The van der Waals surface area contributed by atoms with Gasteiger partial charge in [0.25, 0.3) is 0 Å². The number of aliphatic hydroxyl groups excluding tert-OH is 1. The minimum atomic E-state index is -0.535. The summed E-state index contributed by atoms with van der Waals surface area (Å²) in [4.78, 5) is 7.81. The Balaban J connectivity index is 2.33. The van der Waals surface area contributed by atoms with Gasteiger partial charge in [0.2, 0.25) is 0 Å². The SMILES string of the molecule is NCC(O)CNc1cnccn1. The number of anilines is 1. The number of nitrogens with zero attached hydrogens (tertiary/aromatic N) is 2. The molecule has 66 valence electrons. The van der Waals surface area contributed by atoms with E-state index in [9.17, 15) is 0 Å². The number of nitrogens with one attached hydrogen (secondary N) is 1. The fourth-order valence-electron chi connectivity index (χ4n) is 0.696. The van der Waals surface area contributed by atoms with Crippen molar-refractivity contribution in [2.45, 2.75) is 6.10 Å². The summed E-state index contributed by atoms with van der Waals surface area (Å²) in [7, 11) is 0. The number of aliphatic hydroxyl groups is 1. The predicted octanol–water partition coefficient (Wildman–Crippen LogP) is -0.792. The smallest absolute Gasteiger partial charge is 0.144 e. The van der Waals surface area contributed by atoms with Crippen molar-refractivity contribution in [1.82, 2.24) is 9.97 Å². The van der Waals surface area contributed by atoms with Crippen LogP contribution in [0.3, 0.4) is 0 Å². The van der Waals surface area contributed by atoms with E-state index >= 15 is 0 Å². The van der Waals surface area contributed by atoms with Crippen molar-refractivity contribution in [2.75, 3.05) is 18.4 Å². The van der Waals surface area contributed by atoms with Gasteiger partial charge in [0.05, 0.1) is 12.3 Å². The van der Waals surface area contributed by atoms with Crippen molar-refractivity contribution in [1.29, 1.82) is 0 Å². The highest BCUT2D eigenvalue weighted by Gasteiger charge is 1.99. The van der Waals surface area contributed by atoms with Crippen molar-refractivity contribution in [3.63, 3.8) is 0 Å². The molecule has 0 fully saturated rings. The van der Waals surface area contributed by atoms with Crippen molar-refractivity contribution in [2.24, 2.45) is 5.73 Å². The number of hydrogen-bond donors (Lipinski definition) is 3. The van der Waals surface area contributed by atoms with Gasteiger partial charge in [-0.25, -0.2) is 4.98 Å². The molecule has 0 aliphatic heterocycles. The molecule has 1 atom stereocenters. The van der Waals surface area contributed by atoms with E-state index in [-0.39, 0.29) is 6.54 Å². The molecule has 4 N–H and O–H groups in total. The first-order valence-corrected chi connectivity index (χ1v) is 3.71. The highest BCUT2D eigenvalue weighted by molar-refractivity contribution is 5.29. The summed E-state index contributed by atoms with van der Waals surface area (Å²) in [5.41, 5.74) is 5.21. The van der Waals surface area contributed by atoms with Gasteiger partial charge in [0, 0.05) is 25.5 Å². The van der Waals surface area contributed by atoms with Gasteiger partial charge in [0.15, 0.2) is 0 Å². The van der Waals surface area contributed by atoms with Crippen LogP contribution in [0.5, 0.6) is 0 Å². The molecule has 1 rings (SSSR count). The first kappa shape index (κ1) is 8.89. The summed E-state index contributed by atoms with van der Waals surface area (Å²) >= 11 is 0. The lowest BCUT2D eigenvalue weighted by Gasteiger charge is -2.08. The van der Waals surface area contributed by atoms with Crippen molar-refractivity contribution in [3.05, 3.63) is 18.6 Å². The van der Waals surface area contributed by atoms with Gasteiger partial charge in [-0.15, -0.1) is 0 Å². The summed E-state index contributed by atoms with van der Waals surface area (Å²) in [5.74, 6) is 0.644. The van der Waals surface area contributed by atoms with E-state index in [1.165, 1.54) is 0 Å².